The Kier molecular flexibility index (Phi) is 6.57. The topological polar surface area (TPSA) is 148 Å². The van der Waals surface area contributed by atoms with Crippen LogP contribution in [-0.2, 0) is 21.3 Å². The highest BCUT2D eigenvalue weighted by atomic mass is 32.2. The second-order valence-electron chi connectivity index (χ2n) is 6.34. The first-order valence-electron chi connectivity index (χ1n) is 8.67. The monoisotopic (exact) mass is 482 g/mol. The van der Waals surface area contributed by atoms with Gasteiger partial charge in [0.25, 0.3) is 5.91 Å². The van der Waals surface area contributed by atoms with E-state index in [1.165, 1.54) is 41.9 Å². The van der Waals surface area contributed by atoms with Crippen LogP contribution in [0.3, 0.4) is 0 Å². The number of thiazole rings is 2. The first kappa shape index (κ1) is 22.7. The predicted molar refractivity (Wildman–Crippen MR) is 117 cm³/mol. The number of ether oxygens (including phenoxy) is 1. The molecule has 0 saturated heterocycles. The lowest BCUT2D eigenvalue weighted by atomic mass is 10.1. The fourth-order valence-corrected chi connectivity index (χ4v) is 4.87. The SMILES string of the molecule is COC(=O)NCc1nc(C)c(-c2csc(-c3ccc(C(=O)NS(C)(=O)=O)c(O)c3)n2)s1. The van der Waals surface area contributed by atoms with E-state index in [1.807, 2.05) is 17.0 Å². The number of rotatable bonds is 6. The lowest BCUT2D eigenvalue weighted by Crippen LogP contribution is -2.29. The van der Waals surface area contributed by atoms with Crippen molar-refractivity contribution in [2.24, 2.45) is 0 Å². The first-order valence-corrected chi connectivity index (χ1v) is 12.3. The second-order valence-corrected chi connectivity index (χ2v) is 10.0. The summed E-state index contributed by atoms with van der Waals surface area (Å²) in [6, 6.07) is 4.26. The van der Waals surface area contributed by atoms with Gasteiger partial charge in [0.05, 0.1) is 41.7 Å². The summed E-state index contributed by atoms with van der Waals surface area (Å²) in [7, 11) is -2.46. The van der Waals surface area contributed by atoms with Crippen molar-refractivity contribution in [1.82, 2.24) is 20.0 Å². The Hall–Kier alpha value is -3.03. The fraction of sp³-hybridized carbons (Fsp3) is 0.222. The number of carbonyl (C=O) groups excluding carboxylic acids is 2. The average Bonchev–Trinajstić information content (AvgIpc) is 3.31. The molecule has 0 bridgehead atoms. The standard InChI is InChI=1S/C18H18N4O6S3/c1-9-15(30-14(20-9)7-19-18(25)28-2)12-8-29-17(21-12)10-4-5-11(13(23)6-10)16(24)22-31(3,26)27/h4-6,8,23H,7H2,1-3H3,(H,19,25)(H,22,24). The summed E-state index contributed by atoms with van der Waals surface area (Å²) < 4.78 is 28.8. The van der Waals surface area contributed by atoms with Crippen LogP contribution in [0, 0.1) is 6.92 Å². The van der Waals surface area contributed by atoms with Gasteiger partial charge < -0.3 is 15.2 Å². The van der Waals surface area contributed by atoms with E-state index >= 15 is 0 Å². The molecule has 1 aromatic carbocycles. The van der Waals surface area contributed by atoms with Crippen molar-refractivity contribution in [2.75, 3.05) is 13.4 Å². The number of methoxy groups -OCH3 is 1. The van der Waals surface area contributed by atoms with Crippen molar-refractivity contribution >= 4 is 44.7 Å². The Labute approximate surface area is 186 Å². The van der Waals surface area contributed by atoms with Crippen molar-refractivity contribution in [2.45, 2.75) is 13.5 Å². The molecule has 0 fully saturated rings. The number of aromatic hydroxyl groups is 1. The number of nitrogens with zero attached hydrogens (tertiary/aromatic N) is 2. The van der Waals surface area contributed by atoms with Gasteiger partial charge in [0.1, 0.15) is 15.8 Å². The van der Waals surface area contributed by atoms with Crippen LogP contribution in [0.1, 0.15) is 21.1 Å². The van der Waals surface area contributed by atoms with E-state index in [4.69, 9.17) is 0 Å². The summed E-state index contributed by atoms with van der Waals surface area (Å²) in [4.78, 5) is 33.1. The molecule has 0 saturated carbocycles. The number of alkyl carbamates (subject to hydrolysis) is 1. The Balaban J connectivity index is 1.81. The maximum atomic E-state index is 12.0. The largest absolute Gasteiger partial charge is 0.507 e. The summed E-state index contributed by atoms with van der Waals surface area (Å²) in [5.41, 5.74) is 1.86. The van der Waals surface area contributed by atoms with Crippen LogP contribution in [0.15, 0.2) is 23.6 Å². The molecule has 164 valence electrons. The number of phenols is 1. The maximum absolute atomic E-state index is 12.0. The summed E-state index contributed by atoms with van der Waals surface area (Å²) >= 11 is 2.73. The molecule has 0 aliphatic heterocycles. The number of hydrogen-bond acceptors (Lipinski definition) is 10. The van der Waals surface area contributed by atoms with Crippen molar-refractivity contribution in [1.29, 1.82) is 0 Å². The van der Waals surface area contributed by atoms with Crippen LogP contribution >= 0.6 is 22.7 Å². The van der Waals surface area contributed by atoms with Crippen molar-refractivity contribution < 1.29 is 27.9 Å². The van der Waals surface area contributed by atoms with Gasteiger partial charge in [0.15, 0.2) is 0 Å². The number of hydrogen-bond donors (Lipinski definition) is 3. The molecule has 3 N–H and O–H groups in total. The number of aryl methyl sites for hydroxylation is 1. The zero-order valence-electron chi connectivity index (χ0n) is 16.6. The molecule has 31 heavy (non-hydrogen) atoms. The number of nitrogens with one attached hydrogen (secondary N) is 2. The number of phenolic OH excluding ortho intramolecular Hbond substituents is 1. The van der Waals surface area contributed by atoms with Crippen LogP contribution in [-0.4, -0.2) is 48.9 Å². The quantitative estimate of drug-likeness (QED) is 0.485. The third-order valence-corrected chi connectivity index (χ3v) is 6.54. The van der Waals surface area contributed by atoms with Crippen LogP contribution in [0.4, 0.5) is 4.79 Å². The third-order valence-electron chi connectivity index (χ3n) is 3.91. The van der Waals surface area contributed by atoms with Crippen molar-refractivity contribution in [3.63, 3.8) is 0 Å². The summed E-state index contributed by atoms with van der Waals surface area (Å²) in [5.74, 6) is -1.28. The smallest absolute Gasteiger partial charge is 0.407 e. The highest BCUT2D eigenvalue weighted by Crippen LogP contribution is 2.35. The predicted octanol–water partition coefficient (Wildman–Crippen LogP) is 2.49. The molecule has 0 atom stereocenters. The zero-order chi connectivity index (χ0) is 22.8. The fourth-order valence-electron chi connectivity index (χ4n) is 2.58. The molecular formula is C18H18N4O6S3. The van der Waals surface area contributed by atoms with Gasteiger partial charge in [-0.1, -0.05) is 6.07 Å². The number of aromatic nitrogens is 2. The van der Waals surface area contributed by atoms with Crippen LogP contribution in [0.5, 0.6) is 5.75 Å². The summed E-state index contributed by atoms with van der Waals surface area (Å²) in [6.45, 7) is 2.08. The Morgan fingerprint density at radius 1 is 1.26 bits per heavy atom. The minimum absolute atomic E-state index is 0.160. The van der Waals surface area contributed by atoms with Crippen LogP contribution < -0.4 is 10.0 Å². The molecule has 3 aromatic rings. The number of carbonyl (C=O) groups is 2. The van der Waals surface area contributed by atoms with E-state index in [-0.39, 0.29) is 17.9 Å². The minimum Gasteiger partial charge on any atom is -0.507 e. The van der Waals surface area contributed by atoms with Gasteiger partial charge in [-0.2, -0.15) is 0 Å². The molecule has 13 heteroatoms. The molecule has 0 unspecified atom stereocenters. The molecule has 3 rings (SSSR count). The molecule has 2 aromatic heterocycles. The number of amides is 2. The molecule has 0 radical (unpaired) electrons. The third kappa shape index (κ3) is 5.57. The highest BCUT2D eigenvalue weighted by molar-refractivity contribution is 7.89. The van der Waals surface area contributed by atoms with E-state index in [1.54, 1.807) is 6.07 Å². The van der Waals surface area contributed by atoms with Gasteiger partial charge in [-0.25, -0.2) is 27.9 Å². The lowest BCUT2D eigenvalue weighted by Gasteiger charge is -2.06. The van der Waals surface area contributed by atoms with Gasteiger partial charge in [-0.3, -0.25) is 4.79 Å². The van der Waals surface area contributed by atoms with Gasteiger partial charge in [-0.05, 0) is 19.1 Å². The molecule has 0 spiro atoms. The van der Waals surface area contributed by atoms with E-state index in [9.17, 15) is 23.1 Å². The van der Waals surface area contributed by atoms with Gasteiger partial charge in [0, 0.05) is 10.9 Å². The van der Waals surface area contributed by atoms with Crippen LogP contribution in [0.25, 0.3) is 21.1 Å². The molecule has 2 heterocycles. The molecule has 10 nitrogen and oxygen atoms in total. The normalized spacial score (nSPS) is 11.2. The van der Waals surface area contributed by atoms with Crippen molar-refractivity contribution in [3.8, 4) is 26.9 Å². The lowest BCUT2D eigenvalue weighted by molar-refractivity contribution is 0.0979. The molecular weight excluding hydrogens is 464 g/mol. The van der Waals surface area contributed by atoms with Gasteiger partial charge >= 0.3 is 6.09 Å². The second kappa shape index (κ2) is 8.99. The average molecular weight is 483 g/mol. The maximum Gasteiger partial charge on any atom is 0.407 e. The highest BCUT2D eigenvalue weighted by Gasteiger charge is 2.18. The zero-order valence-corrected chi connectivity index (χ0v) is 19.1. The molecule has 0 aliphatic carbocycles. The number of benzene rings is 1. The van der Waals surface area contributed by atoms with Gasteiger partial charge in [-0.15, -0.1) is 22.7 Å². The molecule has 0 aliphatic rings. The summed E-state index contributed by atoms with van der Waals surface area (Å²) in [5, 5.41) is 15.9. The van der Waals surface area contributed by atoms with E-state index < -0.39 is 22.0 Å². The number of sulfonamides is 1. The Bertz CT molecular complexity index is 1250. The van der Waals surface area contributed by atoms with Gasteiger partial charge in [0.2, 0.25) is 10.0 Å². The Morgan fingerprint density at radius 3 is 2.65 bits per heavy atom. The summed E-state index contributed by atoms with van der Waals surface area (Å²) in [6.07, 6.45) is 0.310. The molecule has 2 amide bonds. The van der Waals surface area contributed by atoms with E-state index in [2.05, 4.69) is 20.0 Å². The Morgan fingerprint density at radius 2 is 2.00 bits per heavy atom. The van der Waals surface area contributed by atoms with E-state index in [0.717, 1.165) is 16.8 Å². The first-order chi connectivity index (χ1) is 14.6. The minimum atomic E-state index is -3.75. The van der Waals surface area contributed by atoms with E-state index in [0.29, 0.717) is 21.3 Å². The van der Waals surface area contributed by atoms with Crippen molar-refractivity contribution in [3.05, 3.63) is 39.8 Å². The van der Waals surface area contributed by atoms with Crippen LogP contribution in [0.2, 0.25) is 0 Å².